The molecule has 1 aliphatic rings. The number of ether oxygens (including phenoxy) is 2. The molecule has 2 N–H and O–H groups in total. The Hall–Kier alpha value is -2.87. The minimum Gasteiger partial charge on any atom is -0.483 e. The highest BCUT2D eigenvalue weighted by Gasteiger charge is 2.28. The van der Waals surface area contributed by atoms with Gasteiger partial charge < -0.3 is 19.7 Å². The van der Waals surface area contributed by atoms with Crippen LogP contribution in [0.5, 0.6) is 5.75 Å². The number of aromatic amines is 1. The number of hydrogen-bond donors (Lipinski definition) is 2. The molecular weight excluding hydrogens is 372 g/mol. The number of likely N-dealkylation sites (tertiary alicyclic amines) is 1. The highest BCUT2D eigenvalue weighted by atomic mass is 16.5. The number of hydrogen-bond acceptors (Lipinski definition) is 5. The summed E-state index contributed by atoms with van der Waals surface area (Å²) in [6.07, 6.45) is 3.38. The monoisotopic (exact) mass is 400 g/mol. The van der Waals surface area contributed by atoms with Crippen LogP contribution in [0, 0.1) is 13.8 Å². The predicted octanol–water partition coefficient (Wildman–Crippen LogP) is 2.40. The minimum absolute atomic E-state index is 0.0113. The zero-order valence-electron chi connectivity index (χ0n) is 17.2. The quantitative estimate of drug-likeness (QED) is 0.744. The Morgan fingerprint density at radius 3 is 2.93 bits per heavy atom. The van der Waals surface area contributed by atoms with Crippen molar-refractivity contribution in [2.24, 2.45) is 0 Å². The summed E-state index contributed by atoms with van der Waals surface area (Å²) in [7, 11) is 1.47. The number of aryl methyl sites for hydroxylation is 2. The van der Waals surface area contributed by atoms with Crippen molar-refractivity contribution in [2.45, 2.75) is 32.6 Å². The molecule has 8 nitrogen and oxygen atoms in total. The number of H-pyrrole nitrogens is 1. The fourth-order valence-corrected chi connectivity index (χ4v) is 3.56. The van der Waals surface area contributed by atoms with Gasteiger partial charge in [-0.3, -0.25) is 14.7 Å². The molecule has 1 atom stereocenters. The number of anilines is 1. The molecule has 2 heterocycles. The van der Waals surface area contributed by atoms with Crippen molar-refractivity contribution in [1.82, 2.24) is 15.1 Å². The second-order valence-electron chi connectivity index (χ2n) is 7.42. The molecule has 1 saturated heterocycles. The van der Waals surface area contributed by atoms with Gasteiger partial charge in [0.15, 0.2) is 6.61 Å². The first kappa shape index (κ1) is 20.9. The van der Waals surface area contributed by atoms with Gasteiger partial charge in [-0.25, -0.2) is 0 Å². The maximum Gasteiger partial charge on any atom is 0.260 e. The molecule has 0 bridgehead atoms. The topological polar surface area (TPSA) is 96.5 Å². The fraction of sp³-hybridized carbons (Fsp3) is 0.476. The second kappa shape index (κ2) is 9.56. The van der Waals surface area contributed by atoms with E-state index in [1.807, 2.05) is 36.9 Å². The third-order valence-electron chi connectivity index (χ3n) is 5.10. The first-order chi connectivity index (χ1) is 14.0. The lowest BCUT2D eigenvalue weighted by Gasteiger charge is -2.32. The highest BCUT2D eigenvalue weighted by molar-refractivity contribution is 5.92. The SMILES string of the molecule is COCC(=O)Nc1cn[nH]c1[C@H]1CCCN(C(=O)COc2cc(C)ccc2C)C1. The smallest absolute Gasteiger partial charge is 0.260 e. The standard InChI is InChI=1S/C21H28N4O4/c1-14-6-7-15(2)18(9-14)29-13-20(27)25-8-4-5-16(11-25)21-17(10-22-24-21)23-19(26)12-28-3/h6-7,9-10,16H,4-5,8,11-13H2,1-3H3,(H,22,24)(H,23,26)/t16-/m0/s1. The van der Waals surface area contributed by atoms with Gasteiger partial charge in [-0.2, -0.15) is 5.10 Å². The van der Waals surface area contributed by atoms with Crippen LogP contribution in [0.15, 0.2) is 24.4 Å². The summed E-state index contributed by atoms with van der Waals surface area (Å²) in [6, 6.07) is 5.96. The summed E-state index contributed by atoms with van der Waals surface area (Å²) in [4.78, 5) is 26.4. The number of rotatable bonds is 7. The molecule has 1 aromatic carbocycles. The highest BCUT2D eigenvalue weighted by Crippen LogP contribution is 2.30. The van der Waals surface area contributed by atoms with E-state index in [-0.39, 0.29) is 30.9 Å². The Bertz CT molecular complexity index is 864. The first-order valence-electron chi connectivity index (χ1n) is 9.77. The summed E-state index contributed by atoms with van der Waals surface area (Å²) < 4.78 is 10.6. The lowest BCUT2D eigenvalue weighted by molar-refractivity contribution is -0.134. The molecule has 0 radical (unpaired) electrons. The Kier molecular flexibility index (Phi) is 6.87. The van der Waals surface area contributed by atoms with Gasteiger partial charge in [-0.15, -0.1) is 0 Å². The lowest BCUT2D eigenvalue weighted by Crippen LogP contribution is -2.41. The molecule has 1 fully saturated rings. The summed E-state index contributed by atoms with van der Waals surface area (Å²) in [5.74, 6) is 0.540. The van der Waals surface area contributed by atoms with Gasteiger partial charge in [0.2, 0.25) is 5.91 Å². The molecule has 0 saturated carbocycles. The van der Waals surface area contributed by atoms with Crippen LogP contribution >= 0.6 is 0 Å². The summed E-state index contributed by atoms with van der Waals surface area (Å²) >= 11 is 0. The molecule has 0 unspecified atom stereocenters. The largest absolute Gasteiger partial charge is 0.483 e. The van der Waals surface area contributed by atoms with Gasteiger partial charge in [0.25, 0.3) is 5.91 Å². The van der Waals surface area contributed by atoms with E-state index in [4.69, 9.17) is 9.47 Å². The molecule has 3 rings (SSSR count). The summed E-state index contributed by atoms with van der Waals surface area (Å²) in [6.45, 7) is 5.22. The van der Waals surface area contributed by atoms with E-state index in [0.717, 1.165) is 35.4 Å². The molecule has 2 amide bonds. The van der Waals surface area contributed by atoms with Crippen LogP contribution in [-0.2, 0) is 14.3 Å². The zero-order chi connectivity index (χ0) is 20.8. The van der Waals surface area contributed by atoms with Gasteiger partial charge in [-0.05, 0) is 43.9 Å². The average Bonchev–Trinajstić information content (AvgIpc) is 3.16. The van der Waals surface area contributed by atoms with Crippen LogP contribution in [-0.4, -0.2) is 60.3 Å². The van der Waals surface area contributed by atoms with E-state index >= 15 is 0 Å². The number of piperidine rings is 1. The van der Waals surface area contributed by atoms with Crippen molar-refractivity contribution in [3.8, 4) is 5.75 Å². The Morgan fingerprint density at radius 1 is 1.31 bits per heavy atom. The van der Waals surface area contributed by atoms with Gasteiger partial charge in [0.05, 0.1) is 17.6 Å². The minimum atomic E-state index is -0.235. The van der Waals surface area contributed by atoms with Crippen LogP contribution in [0.3, 0.4) is 0 Å². The third-order valence-corrected chi connectivity index (χ3v) is 5.10. The zero-order valence-corrected chi connectivity index (χ0v) is 17.2. The van der Waals surface area contributed by atoms with Crippen LogP contribution < -0.4 is 10.1 Å². The molecule has 1 aliphatic heterocycles. The molecular formula is C21H28N4O4. The van der Waals surface area contributed by atoms with E-state index in [2.05, 4.69) is 15.5 Å². The van der Waals surface area contributed by atoms with Gasteiger partial charge >= 0.3 is 0 Å². The van der Waals surface area contributed by atoms with Crippen LogP contribution in [0.2, 0.25) is 0 Å². The average molecular weight is 400 g/mol. The number of amides is 2. The van der Waals surface area contributed by atoms with Crippen LogP contribution in [0.1, 0.15) is 35.6 Å². The number of methoxy groups -OCH3 is 1. The fourth-order valence-electron chi connectivity index (χ4n) is 3.56. The third kappa shape index (κ3) is 5.35. The maximum atomic E-state index is 12.7. The van der Waals surface area contributed by atoms with Crippen molar-refractivity contribution in [1.29, 1.82) is 0 Å². The van der Waals surface area contributed by atoms with Crippen LogP contribution in [0.25, 0.3) is 0 Å². The van der Waals surface area contributed by atoms with E-state index in [0.29, 0.717) is 18.8 Å². The van der Waals surface area contributed by atoms with Gasteiger partial charge in [0, 0.05) is 26.1 Å². The van der Waals surface area contributed by atoms with E-state index in [1.165, 1.54) is 7.11 Å². The number of carbonyl (C=O) groups is 2. The molecule has 8 heteroatoms. The number of nitrogens with one attached hydrogen (secondary N) is 2. The molecule has 156 valence electrons. The number of benzene rings is 1. The normalized spacial score (nSPS) is 16.5. The second-order valence-corrected chi connectivity index (χ2v) is 7.42. The first-order valence-corrected chi connectivity index (χ1v) is 9.77. The lowest BCUT2D eigenvalue weighted by atomic mass is 9.94. The molecule has 29 heavy (non-hydrogen) atoms. The summed E-state index contributed by atoms with van der Waals surface area (Å²) in [5.41, 5.74) is 3.58. The predicted molar refractivity (Wildman–Crippen MR) is 109 cm³/mol. The van der Waals surface area contributed by atoms with Gasteiger partial charge in [0.1, 0.15) is 12.4 Å². The van der Waals surface area contributed by atoms with Crippen molar-refractivity contribution in [2.75, 3.05) is 38.7 Å². The number of aromatic nitrogens is 2. The van der Waals surface area contributed by atoms with Crippen molar-refractivity contribution in [3.63, 3.8) is 0 Å². The van der Waals surface area contributed by atoms with Crippen molar-refractivity contribution >= 4 is 17.5 Å². The number of nitrogens with zero attached hydrogens (tertiary/aromatic N) is 2. The Balaban J connectivity index is 1.60. The van der Waals surface area contributed by atoms with E-state index in [9.17, 15) is 9.59 Å². The molecule has 1 aromatic heterocycles. The van der Waals surface area contributed by atoms with E-state index < -0.39 is 0 Å². The van der Waals surface area contributed by atoms with Crippen molar-refractivity contribution in [3.05, 3.63) is 41.2 Å². The molecule has 0 aliphatic carbocycles. The maximum absolute atomic E-state index is 12.7. The number of carbonyl (C=O) groups excluding carboxylic acids is 2. The Morgan fingerprint density at radius 2 is 2.14 bits per heavy atom. The van der Waals surface area contributed by atoms with E-state index in [1.54, 1.807) is 6.20 Å². The molecule has 0 spiro atoms. The van der Waals surface area contributed by atoms with Crippen molar-refractivity contribution < 1.29 is 19.1 Å². The van der Waals surface area contributed by atoms with Crippen LogP contribution in [0.4, 0.5) is 5.69 Å². The molecule has 2 aromatic rings. The Labute approximate surface area is 170 Å². The summed E-state index contributed by atoms with van der Waals surface area (Å²) in [5, 5.41) is 9.85. The van der Waals surface area contributed by atoms with Gasteiger partial charge in [-0.1, -0.05) is 12.1 Å².